The summed E-state index contributed by atoms with van der Waals surface area (Å²) in [6.07, 6.45) is 0. The lowest BCUT2D eigenvalue weighted by Gasteiger charge is -2.15. The van der Waals surface area contributed by atoms with Gasteiger partial charge in [0.15, 0.2) is 11.5 Å². The van der Waals surface area contributed by atoms with Crippen LogP contribution in [0.4, 0.5) is 0 Å². The summed E-state index contributed by atoms with van der Waals surface area (Å²) in [5.41, 5.74) is 4.97. The number of likely N-dealkylation sites (N-methyl/N-ethyl adjacent to an activating group) is 1. The van der Waals surface area contributed by atoms with Crippen molar-refractivity contribution in [3.8, 4) is 11.5 Å². The molecule has 0 radical (unpaired) electrons. The molecule has 7 nitrogen and oxygen atoms in total. The Balaban J connectivity index is 2.33. The zero-order valence-corrected chi connectivity index (χ0v) is 10.4. The van der Waals surface area contributed by atoms with Gasteiger partial charge in [-0.15, -0.1) is 0 Å². The Kier molecular flexibility index (Phi) is 3.14. The summed E-state index contributed by atoms with van der Waals surface area (Å²) in [6, 6.07) is 4.25. The highest BCUT2D eigenvalue weighted by atomic mass is 32.2. The molecular weight excluding hydrogens is 260 g/mol. The molecule has 2 rings (SSSR count). The smallest absolute Gasteiger partial charge is 0.243 e. The van der Waals surface area contributed by atoms with Crippen LogP contribution < -0.4 is 15.2 Å². The van der Waals surface area contributed by atoms with Crippen LogP contribution in [0.2, 0.25) is 0 Å². The highest BCUT2D eigenvalue weighted by molar-refractivity contribution is 7.89. The molecule has 0 aliphatic carbocycles. The van der Waals surface area contributed by atoms with Gasteiger partial charge in [-0.3, -0.25) is 4.79 Å². The van der Waals surface area contributed by atoms with Crippen molar-refractivity contribution in [1.29, 1.82) is 0 Å². The van der Waals surface area contributed by atoms with Crippen LogP contribution in [0.25, 0.3) is 0 Å². The lowest BCUT2D eigenvalue weighted by molar-refractivity contribution is -0.118. The number of hydrogen-bond acceptors (Lipinski definition) is 5. The maximum absolute atomic E-state index is 12.1. The van der Waals surface area contributed by atoms with Gasteiger partial charge in [0.25, 0.3) is 0 Å². The lowest BCUT2D eigenvalue weighted by atomic mass is 10.3. The fraction of sp³-hybridized carbons (Fsp3) is 0.300. The zero-order chi connectivity index (χ0) is 13.3. The van der Waals surface area contributed by atoms with Crippen LogP contribution in [0.1, 0.15) is 0 Å². The van der Waals surface area contributed by atoms with Crippen LogP contribution in [-0.4, -0.2) is 39.0 Å². The summed E-state index contributed by atoms with van der Waals surface area (Å²) in [4.78, 5) is 10.8. The van der Waals surface area contributed by atoms with E-state index >= 15 is 0 Å². The Morgan fingerprint density at radius 3 is 2.72 bits per heavy atom. The maximum Gasteiger partial charge on any atom is 0.243 e. The quantitative estimate of drug-likeness (QED) is 0.798. The minimum atomic E-state index is -3.76. The highest BCUT2D eigenvalue weighted by Crippen LogP contribution is 2.34. The monoisotopic (exact) mass is 272 g/mol. The van der Waals surface area contributed by atoms with Crippen molar-refractivity contribution in [2.45, 2.75) is 4.90 Å². The maximum atomic E-state index is 12.1. The van der Waals surface area contributed by atoms with Gasteiger partial charge in [-0.05, 0) is 12.1 Å². The van der Waals surface area contributed by atoms with Crippen LogP contribution in [-0.2, 0) is 14.8 Å². The van der Waals surface area contributed by atoms with E-state index in [2.05, 4.69) is 0 Å². The number of nitrogens with zero attached hydrogens (tertiary/aromatic N) is 1. The van der Waals surface area contributed by atoms with Crippen molar-refractivity contribution >= 4 is 15.9 Å². The van der Waals surface area contributed by atoms with Gasteiger partial charge in [-0.1, -0.05) is 0 Å². The number of benzene rings is 1. The fourth-order valence-electron chi connectivity index (χ4n) is 1.52. The number of hydrogen-bond donors (Lipinski definition) is 1. The van der Waals surface area contributed by atoms with E-state index in [1.807, 2.05) is 0 Å². The van der Waals surface area contributed by atoms with Gasteiger partial charge in [0.2, 0.25) is 22.7 Å². The number of nitrogens with two attached hydrogens (primary N) is 1. The number of primary amides is 1. The summed E-state index contributed by atoms with van der Waals surface area (Å²) in [6.45, 7) is -0.313. The zero-order valence-electron chi connectivity index (χ0n) is 9.62. The van der Waals surface area contributed by atoms with E-state index in [1.165, 1.54) is 25.2 Å². The summed E-state index contributed by atoms with van der Waals surface area (Å²) < 4.78 is 35.2. The van der Waals surface area contributed by atoms with E-state index in [-0.39, 0.29) is 18.2 Å². The Bertz CT molecular complexity index is 584. The average Bonchev–Trinajstić information content (AvgIpc) is 2.74. The molecule has 1 amide bonds. The van der Waals surface area contributed by atoms with Crippen LogP contribution in [0.3, 0.4) is 0 Å². The second kappa shape index (κ2) is 4.46. The third kappa shape index (κ3) is 2.24. The highest BCUT2D eigenvalue weighted by Gasteiger charge is 2.25. The molecular formula is C10H12N2O5S. The molecule has 0 aromatic heterocycles. The third-order valence-corrected chi connectivity index (χ3v) is 4.23. The summed E-state index contributed by atoms with van der Waals surface area (Å²) in [5, 5.41) is 0. The van der Waals surface area contributed by atoms with Gasteiger partial charge in [0.1, 0.15) is 0 Å². The predicted molar refractivity (Wildman–Crippen MR) is 61.6 cm³/mol. The number of sulfonamides is 1. The van der Waals surface area contributed by atoms with E-state index < -0.39 is 15.9 Å². The van der Waals surface area contributed by atoms with Crippen molar-refractivity contribution in [3.05, 3.63) is 18.2 Å². The molecule has 0 atom stereocenters. The van der Waals surface area contributed by atoms with Gasteiger partial charge < -0.3 is 15.2 Å². The van der Waals surface area contributed by atoms with Crippen molar-refractivity contribution in [3.63, 3.8) is 0 Å². The van der Waals surface area contributed by atoms with Gasteiger partial charge in [-0.25, -0.2) is 8.42 Å². The van der Waals surface area contributed by atoms with Gasteiger partial charge >= 0.3 is 0 Å². The first kappa shape index (κ1) is 12.7. The molecule has 1 aliphatic heterocycles. The van der Waals surface area contributed by atoms with Crippen LogP contribution in [0, 0.1) is 0 Å². The molecule has 1 heterocycles. The molecule has 8 heteroatoms. The molecule has 18 heavy (non-hydrogen) atoms. The van der Waals surface area contributed by atoms with E-state index in [0.29, 0.717) is 11.5 Å². The fourth-order valence-corrected chi connectivity index (χ4v) is 2.67. The van der Waals surface area contributed by atoms with Crippen molar-refractivity contribution in [1.82, 2.24) is 4.31 Å². The minimum Gasteiger partial charge on any atom is -0.454 e. The molecule has 0 spiro atoms. The Labute approximate surface area is 104 Å². The van der Waals surface area contributed by atoms with Gasteiger partial charge in [-0.2, -0.15) is 4.31 Å². The normalized spacial score (nSPS) is 13.9. The number of carbonyl (C=O) groups is 1. The lowest BCUT2D eigenvalue weighted by Crippen LogP contribution is -2.35. The Morgan fingerprint density at radius 1 is 1.39 bits per heavy atom. The molecule has 1 aromatic carbocycles. The van der Waals surface area contributed by atoms with Crippen LogP contribution in [0.15, 0.2) is 23.1 Å². The molecule has 0 saturated carbocycles. The largest absolute Gasteiger partial charge is 0.454 e. The summed E-state index contributed by atoms with van der Waals surface area (Å²) in [7, 11) is -2.48. The average molecular weight is 272 g/mol. The molecule has 2 N–H and O–H groups in total. The summed E-state index contributed by atoms with van der Waals surface area (Å²) in [5.74, 6) is 0.136. The van der Waals surface area contributed by atoms with Gasteiger partial charge in [0.05, 0.1) is 11.4 Å². The molecule has 0 bridgehead atoms. The molecule has 0 unspecified atom stereocenters. The van der Waals surface area contributed by atoms with Crippen molar-refractivity contribution < 1.29 is 22.7 Å². The SMILES string of the molecule is CN(CC(N)=O)S(=O)(=O)c1ccc2c(c1)OCO2. The molecule has 1 aromatic rings. The Hall–Kier alpha value is -1.80. The van der Waals surface area contributed by atoms with E-state index in [9.17, 15) is 13.2 Å². The number of carbonyl (C=O) groups excluding carboxylic acids is 1. The second-order valence-corrected chi connectivity index (χ2v) is 5.79. The van der Waals surface area contributed by atoms with E-state index in [1.54, 1.807) is 0 Å². The van der Waals surface area contributed by atoms with E-state index in [4.69, 9.17) is 15.2 Å². The Morgan fingerprint density at radius 2 is 2.06 bits per heavy atom. The first-order valence-corrected chi connectivity index (χ1v) is 6.49. The van der Waals surface area contributed by atoms with Crippen LogP contribution in [0.5, 0.6) is 11.5 Å². The van der Waals surface area contributed by atoms with Crippen molar-refractivity contribution in [2.24, 2.45) is 5.73 Å². The standard InChI is InChI=1S/C10H12N2O5S/c1-12(5-10(11)13)18(14,15)7-2-3-8-9(4-7)17-6-16-8/h2-4H,5-6H2,1H3,(H2,11,13). The van der Waals surface area contributed by atoms with Crippen LogP contribution >= 0.6 is 0 Å². The third-order valence-electron chi connectivity index (χ3n) is 2.43. The minimum absolute atomic E-state index is 0.0236. The molecule has 98 valence electrons. The number of fused-ring (bicyclic) bond motifs is 1. The first-order valence-electron chi connectivity index (χ1n) is 5.05. The molecule has 1 aliphatic rings. The summed E-state index contributed by atoms with van der Waals surface area (Å²) >= 11 is 0. The van der Waals surface area contributed by atoms with Gasteiger partial charge in [0, 0.05) is 13.1 Å². The number of ether oxygens (including phenoxy) is 2. The topological polar surface area (TPSA) is 98.9 Å². The second-order valence-electron chi connectivity index (χ2n) is 3.74. The number of amides is 1. The first-order chi connectivity index (χ1) is 8.41. The molecule has 0 saturated heterocycles. The predicted octanol–water partition coefficient (Wildman–Crippen LogP) is -0.479. The van der Waals surface area contributed by atoms with E-state index in [0.717, 1.165) is 4.31 Å². The molecule has 0 fully saturated rings. The number of rotatable bonds is 4. The van der Waals surface area contributed by atoms with Crippen molar-refractivity contribution in [2.75, 3.05) is 20.4 Å².